The first-order valence-electron chi connectivity index (χ1n) is 11.0. The predicted octanol–water partition coefficient (Wildman–Crippen LogP) is 5.44. The van der Waals surface area contributed by atoms with Gasteiger partial charge in [-0.1, -0.05) is 23.2 Å². The van der Waals surface area contributed by atoms with E-state index in [0.717, 1.165) is 37.4 Å². The molecule has 2 heterocycles. The fourth-order valence-electron chi connectivity index (χ4n) is 3.83. The molecule has 3 aromatic rings. The monoisotopic (exact) mass is 513 g/mol. The summed E-state index contributed by atoms with van der Waals surface area (Å²) in [6, 6.07) is 13.9. The van der Waals surface area contributed by atoms with E-state index in [4.69, 9.17) is 32.4 Å². The van der Waals surface area contributed by atoms with Gasteiger partial charge in [-0.25, -0.2) is 4.79 Å². The zero-order chi connectivity index (χ0) is 24.9. The Labute approximate surface area is 213 Å². The third kappa shape index (κ3) is 6.25. The second-order valence-electron chi connectivity index (χ2n) is 8.20. The number of ether oxygens (including phenoxy) is 1. The second kappa shape index (κ2) is 11.0. The van der Waals surface area contributed by atoms with Crippen molar-refractivity contribution in [3.8, 4) is 11.3 Å². The molecule has 9 heteroatoms. The lowest BCUT2D eigenvalue weighted by Gasteiger charge is -2.35. The summed E-state index contributed by atoms with van der Waals surface area (Å²) in [6.07, 6.45) is 2.96. The van der Waals surface area contributed by atoms with Gasteiger partial charge in [-0.15, -0.1) is 0 Å². The number of nitrogens with one attached hydrogen (secondary N) is 1. The predicted molar refractivity (Wildman–Crippen MR) is 139 cm³/mol. The van der Waals surface area contributed by atoms with Gasteiger partial charge in [-0.3, -0.25) is 4.79 Å². The molecule has 182 valence electrons. The minimum atomic E-state index is -0.467. The van der Waals surface area contributed by atoms with Crippen LogP contribution >= 0.6 is 23.2 Å². The van der Waals surface area contributed by atoms with Crippen LogP contribution in [0.2, 0.25) is 10.0 Å². The van der Waals surface area contributed by atoms with Gasteiger partial charge in [0.2, 0.25) is 5.91 Å². The third-order valence-electron chi connectivity index (χ3n) is 5.69. The Morgan fingerprint density at radius 1 is 1.00 bits per heavy atom. The first-order valence-corrected chi connectivity index (χ1v) is 11.8. The molecule has 0 atom stereocenters. The van der Waals surface area contributed by atoms with E-state index in [9.17, 15) is 9.59 Å². The molecule has 1 aromatic heterocycles. The smallest absolute Gasteiger partial charge is 0.337 e. The van der Waals surface area contributed by atoms with E-state index in [0.29, 0.717) is 32.8 Å². The standard InChI is InChI=1S/C26H25Cl2N3O4/c1-30-9-11-31(12-10-30)23-6-3-17(26(33)34-2)15-22(23)29-25(32)8-5-21-4-7-24(35-21)18-13-19(27)16-20(28)14-18/h3-8,13-16H,9-12H2,1-2H3,(H,29,32)/b8-5+. The molecule has 1 saturated heterocycles. The highest BCUT2D eigenvalue weighted by Gasteiger charge is 2.19. The quantitative estimate of drug-likeness (QED) is 0.349. The average Bonchev–Trinajstić information content (AvgIpc) is 3.31. The summed E-state index contributed by atoms with van der Waals surface area (Å²) < 4.78 is 10.7. The molecule has 2 aromatic carbocycles. The van der Waals surface area contributed by atoms with E-state index in [1.165, 1.54) is 13.2 Å². The summed E-state index contributed by atoms with van der Waals surface area (Å²) in [4.78, 5) is 29.3. The lowest BCUT2D eigenvalue weighted by Crippen LogP contribution is -2.44. The van der Waals surface area contributed by atoms with Gasteiger partial charge >= 0.3 is 5.97 Å². The van der Waals surface area contributed by atoms with Crippen molar-refractivity contribution in [2.24, 2.45) is 0 Å². The number of rotatable bonds is 6. The highest BCUT2D eigenvalue weighted by atomic mass is 35.5. The fourth-order valence-corrected chi connectivity index (χ4v) is 4.36. The van der Waals surface area contributed by atoms with E-state index in [2.05, 4.69) is 22.2 Å². The van der Waals surface area contributed by atoms with Crippen molar-refractivity contribution in [3.63, 3.8) is 0 Å². The SMILES string of the molecule is COC(=O)c1ccc(N2CCN(C)CC2)c(NC(=O)/C=C/c2ccc(-c3cc(Cl)cc(Cl)c3)o2)c1. The fraction of sp³-hybridized carbons (Fsp3) is 0.231. The molecule has 4 rings (SSSR count). The second-order valence-corrected chi connectivity index (χ2v) is 9.07. The molecule has 1 fully saturated rings. The van der Waals surface area contributed by atoms with E-state index in [-0.39, 0.29) is 5.91 Å². The van der Waals surface area contributed by atoms with Crippen LogP contribution in [0.15, 0.2) is 59.0 Å². The minimum absolute atomic E-state index is 0.355. The molecular formula is C26H25Cl2N3O4. The Balaban J connectivity index is 1.51. The number of carbonyl (C=O) groups is 2. The van der Waals surface area contributed by atoms with E-state index in [1.807, 2.05) is 6.07 Å². The van der Waals surface area contributed by atoms with Gasteiger partial charge in [0.25, 0.3) is 0 Å². The van der Waals surface area contributed by atoms with Gasteiger partial charge in [0.15, 0.2) is 0 Å². The molecule has 0 spiro atoms. The van der Waals surface area contributed by atoms with Gasteiger partial charge in [0.1, 0.15) is 11.5 Å². The molecule has 0 radical (unpaired) electrons. The van der Waals surface area contributed by atoms with Crippen LogP contribution < -0.4 is 10.2 Å². The molecule has 1 aliphatic rings. The number of amides is 1. The lowest BCUT2D eigenvalue weighted by atomic mass is 10.1. The third-order valence-corrected chi connectivity index (χ3v) is 6.13. The van der Waals surface area contributed by atoms with Crippen molar-refractivity contribution >= 4 is 52.5 Å². The van der Waals surface area contributed by atoms with E-state index < -0.39 is 5.97 Å². The van der Waals surface area contributed by atoms with Crippen LogP contribution in [0.4, 0.5) is 11.4 Å². The summed E-state index contributed by atoms with van der Waals surface area (Å²) in [5, 5.41) is 3.91. The summed E-state index contributed by atoms with van der Waals surface area (Å²) >= 11 is 12.1. The minimum Gasteiger partial charge on any atom is -0.465 e. The van der Waals surface area contributed by atoms with Crippen LogP contribution in [0.1, 0.15) is 16.1 Å². The molecule has 1 N–H and O–H groups in total. The average molecular weight is 514 g/mol. The molecule has 0 aliphatic carbocycles. The van der Waals surface area contributed by atoms with Gasteiger partial charge in [0.05, 0.1) is 24.0 Å². The highest BCUT2D eigenvalue weighted by Crippen LogP contribution is 2.30. The maximum atomic E-state index is 12.8. The molecule has 0 bridgehead atoms. The van der Waals surface area contributed by atoms with Crippen molar-refractivity contribution < 1.29 is 18.7 Å². The van der Waals surface area contributed by atoms with Crippen molar-refractivity contribution in [3.05, 3.63) is 76.0 Å². The molecular weight excluding hydrogens is 489 g/mol. The number of piperazine rings is 1. The first kappa shape index (κ1) is 24.9. The van der Waals surface area contributed by atoms with Gasteiger partial charge in [-0.05, 0) is 61.7 Å². The van der Waals surface area contributed by atoms with E-state index in [1.54, 1.807) is 48.5 Å². The summed E-state index contributed by atoms with van der Waals surface area (Å²) in [6.45, 7) is 3.44. The normalized spacial score (nSPS) is 14.3. The summed E-state index contributed by atoms with van der Waals surface area (Å²) in [5.74, 6) is 0.253. The lowest BCUT2D eigenvalue weighted by molar-refractivity contribution is -0.111. The number of nitrogens with zero attached hydrogens (tertiary/aromatic N) is 2. The van der Waals surface area contributed by atoms with Gasteiger partial charge in [0, 0.05) is 47.9 Å². The number of halogens is 2. The van der Waals surface area contributed by atoms with Gasteiger partial charge in [-0.2, -0.15) is 0 Å². The van der Waals surface area contributed by atoms with Crippen LogP contribution in [0, 0.1) is 0 Å². The number of furan rings is 1. The van der Waals surface area contributed by atoms with Crippen LogP contribution in [0.25, 0.3) is 17.4 Å². The number of hydrogen-bond donors (Lipinski definition) is 1. The van der Waals surface area contributed by atoms with Crippen molar-refractivity contribution in [2.75, 3.05) is 50.6 Å². The maximum absolute atomic E-state index is 12.8. The number of benzene rings is 2. The van der Waals surface area contributed by atoms with Crippen molar-refractivity contribution in [1.82, 2.24) is 4.90 Å². The van der Waals surface area contributed by atoms with Crippen LogP contribution in [0.5, 0.6) is 0 Å². The summed E-state index contributed by atoms with van der Waals surface area (Å²) in [7, 11) is 3.40. The molecule has 1 amide bonds. The number of anilines is 2. The molecule has 0 saturated carbocycles. The van der Waals surface area contributed by atoms with Crippen LogP contribution in [-0.2, 0) is 9.53 Å². The molecule has 7 nitrogen and oxygen atoms in total. The Morgan fingerprint density at radius 3 is 2.40 bits per heavy atom. The molecule has 35 heavy (non-hydrogen) atoms. The first-order chi connectivity index (χ1) is 16.8. The molecule has 0 unspecified atom stereocenters. The number of esters is 1. The molecule has 1 aliphatic heterocycles. The van der Waals surface area contributed by atoms with Gasteiger partial charge < -0.3 is 24.3 Å². The number of hydrogen-bond acceptors (Lipinski definition) is 6. The maximum Gasteiger partial charge on any atom is 0.337 e. The Kier molecular flexibility index (Phi) is 7.80. The topological polar surface area (TPSA) is 75.0 Å². The number of likely N-dealkylation sites (N-methyl/N-ethyl adjacent to an activating group) is 1. The zero-order valence-corrected chi connectivity index (χ0v) is 20.9. The zero-order valence-electron chi connectivity index (χ0n) is 19.4. The van der Waals surface area contributed by atoms with Crippen LogP contribution in [-0.4, -0.2) is 57.1 Å². The van der Waals surface area contributed by atoms with Crippen molar-refractivity contribution in [2.45, 2.75) is 0 Å². The summed E-state index contributed by atoms with van der Waals surface area (Å²) in [5.41, 5.74) is 2.50. The Bertz CT molecular complexity index is 1240. The Morgan fingerprint density at radius 2 is 1.71 bits per heavy atom. The number of carbonyl (C=O) groups excluding carboxylic acids is 2. The van der Waals surface area contributed by atoms with Crippen molar-refractivity contribution in [1.29, 1.82) is 0 Å². The largest absolute Gasteiger partial charge is 0.465 e. The highest BCUT2D eigenvalue weighted by molar-refractivity contribution is 6.35. The number of methoxy groups -OCH3 is 1. The Hall–Kier alpha value is -3.26. The van der Waals surface area contributed by atoms with Crippen LogP contribution in [0.3, 0.4) is 0 Å². The van der Waals surface area contributed by atoms with E-state index >= 15 is 0 Å².